The van der Waals surface area contributed by atoms with Crippen LogP contribution in [0.25, 0.3) is 0 Å². The van der Waals surface area contributed by atoms with Crippen molar-refractivity contribution >= 4 is 17.5 Å². The molecule has 0 aliphatic heterocycles. The second-order valence-corrected chi connectivity index (χ2v) is 5.76. The van der Waals surface area contributed by atoms with Crippen molar-refractivity contribution in [3.63, 3.8) is 0 Å². The van der Waals surface area contributed by atoms with E-state index in [0.717, 1.165) is 5.56 Å². The summed E-state index contributed by atoms with van der Waals surface area (Å²) in [6.45, 7) is 2.12. The van der Waals surface area contributed by atoms with Crippen molar-refractivity contribution in [2.24, 2.45) is 5.92 Å². The summed E-state index contributed by atoms with van der Waals surface area (Å²) in [5.41, 5.74) is 1.69. The Balaban J connectivity index is 1.95. The van der Waals surface area contributed by atoms with Crippen molar-refractivity contribution in [2.75, 3.05) is 0 Å². The van der Waals surface area contributed by atoms with Gasteiger partial charge in [-0.3, -0.25) is 4.79 Å². The van der Waals surface area contributed by atoms with E-state index in [0.29, 0.717) is 17.4 Å². The van der Waals surface area contributed by atoms with Crippen molar-refractivity contribution in [1.29, 1.82) is 0 Å². The van der Waals surface area contributed by atoms with E-state index >= 15 is 0 Å². The van der Waals surface area contributed by atoms with Crippen LogP contribution in [0.4, 0.5) is 0 Å². The van der Waals surface area contributed by atoms with Crippen LogP contribution in [0.1, 0.15) is 54.9 Å². The van der Waals surface area contributed by atoms with Crippen LogP contribution in [0.3, 0.4) is 0 Å². The smallest absolute Gasteiger partial charge is 0.251 e. The zero-order chi connectivity index (χ0) is 13.7. The predicted molar refractivity (Wildman–Crippen MR) is 79.5 cm³/mol. The zero-order valence-electron chi connectivity index (χ0n) is 11.5. The Hall–Kier alpha value is -1.02. The van der Waals surface area contributed by atoms with Crippen molar-refractivity contribution in [3.05, 3.63) is 35.4 Å². The number of hydrogen-bond donors (Lipinski definition) is 1. The molecule has 0 bridgehead atoms. The average Bonchev–Trinajstić information content (AvgIpc) is 2.48. The molecule has 2 nitrogen and oxygen atoms in total. The molecule has 1 fully saturated rings. The van der Waals surface area contributed by atoms with Gasteiger partial charge in [-0.25, -0.2) is 0 Å². The summed E-state index contributed by atoms with van der Waals surface area (Å²) < 4.78 is 0. The second kappa shape index (κ2) is 6.95. The lowest BCUT2D eigenvalue weighted by molar-refractivity contribution is 0.0919. The van der Waals surface area contributed by atoms with Crippen LogP contribution in [-0.4, -0.2) is 11.9 Å². The van der Waals surface area contributed by atoms with Crippen molar-refractivity contribution < 1.29 is 4.79 Å². The first-order valence-corrected chi connectivity index (χ1v) is 7.70. The molecule has 0 spiro atoms. The first kappa shape index (κ1) is 14.4. The monoisotopic (exact) mass is 279 g/mol. The molecular weight excluding hydrogens is 258 g/mol. The van der Waals surface area contributed by atoms with Gasteiger partial charge in [-0.1, -0.05) is 31.4 Å². The zero-order valence-corrected chi connectivity index (χ0v) is 12.2. The fourth-order valence-corrected chi connectivity index (χ4v) is 3.00. The highest BCUT2D eigenvalue weighted by atomic mass is 35.5. The van der Waals surface area contributed by atoms with Gasteiger partial charge in [-0.05, 0) is 43.4 Å². The Kier molecular flexibility index (Phi) is 5.26. The van der Waals surface area contributed by atoms with Crippen LogP contribution in [-0.2, 0) is 5.88 Å². The maximum atomic E-state index is 12.2. The highest BCUT2D eigenvalue weighted by Crippen LogP contribution is 2.26. The highest BCUT2D eigenvalue weighted by Gasteiger charge is 2.21. The van der Waals surface area contributed by atoms with Crippen molar-refractivity contribution in [2.45, 2.75) is 50.9 Å². The highest BCUT2D eigenvalue weighted by molar-refractivity contribution is 6.17. The maximum absolute atomic E-state index is 12.2. The van der Waals surface area contributed by atoms with E-state index in [-0.39, 0.29) is 11.9 Å². The lowest BCUT2D eigenvalue weighted by Gasteiger charge is -2.28. The number of hydrogen-bond acceptors (Lipinski definition) is 1. The molecule has 19 heavy (non-hydrogen) atoms. The van der Waals surface area contributed by atoms with Gasteiger partial charge in [0, 0.05) is 17.5 Å². The Morgan fingerprint density at radius 1 is 1.37 bits per heavy atom. The molecule has 3 heteroatoms. The molecule has 1 aromatic carbocycles. The minimum atomic E-state index is 0.0186. The molecule has 0 radical (unpaired) electrons. The predicted octanol–water partition coefficient (Wildman–Crippen LogP) is 4.12. The lowest BCUT2D eigenvalue weighted by Crippen LogP contribution is -2.38. The summed E-state index contributed by atoms with van der Waals surface area (Å²) >= 11 is 5.80. The molecule has 2 rings (SSSR count). The van der Waals surface area contributed by atoms with Crippen LogP contribution in [0.15, 0.2) is 24.3 Å². The third kappa shape index (κ3) is 3.97. The van der Waals surface area contributed by atoms with Crippen LogP contribution < -0.4 is 5.32 Å². The molecule has 1 aliphatic carbocycles. The molecule has 1 amide bonds. The molecule has 1 N–H and O–H groups in total. The molecule has 1 aromatic rings. The van der Waals surface area contributed by atoms with Gasteiger partial charge in [0.15, 0.2) is 0 Å². The number of benzene rings is 1. The fourth-order valence-electron chi connectivity index (χ4n) is 2.84. The van der Waals surface area contributed by atoms with E-state index < -0.39 is 0 Å². The van der Waals surface area contributed by atoms with Crippen molar-refractivity contribution in [3.8, 4) is 0 Å². The number of halogens is 1. The standard InChI is InChI=1S/C16H22ClNO/c1-12(14-7-3-2-4-8-14)18-16(19)15-9-5-6-13(10-15)11-17/h5-6,9-10,12,14H,2-4,7-8,11H2,1H3,(H,18,19). The Morgan fingerprint density at radius 2 is 2.11 bits per heavy atom. The summed E-state index contributed by atoms with van der Waals surface area (Å²) in [7, 11) is 0. The molecular formula is C16H22ClNO. The molecule has 0 aromatic heterocycles. The van der Waals surface area contributed by atoms with Gasteiger partial charge in [-0.2, -0.15) is 0 Å². The van der Waals surface area contributed by atoms with Gasteiger partial charge >= 0.3 is 0 Å². The largest absolute Gasteiger partial charge is 0.349 e. The Bertz CT molecular complexity index is 427. The number of alkyl halides is 1. The van der Waals surface area contributed by atoms with Gasteiger partial charge in [-0.15, -0.1) is 11.6 Å². The van der Waals surface area contributed by atoms with Gasteiger partial charge in [0.1, 0.15) is 0 Å². The van der Waals surface area contributed by atoms with E-state index in [2.05, 4.69) is 12.2 Å². The lowest BCUT2D eigenvalue weighted by atomic mass is 9.84. The number of rotatable bonds is 4. The van der Waals surface area contributed by atoms with Crippen LogP contribution in [0.5, 0.6) is 0 Å². The summed E-state index contributed by atoms with van der Waals surface area (Å²) in [5.74, 6) is 1.10. The molecule has 1 atom stereocenters. The van der Waals surface area contributed by atoms with E-state index in [1.807, 2.05) is 24.3 Å². The topological polar surface area (TPSA) is 29.1 Å². The van der Waals surface area contributed by atoms with Crippen molar-refractivity contribution in [1.82, 2.24) is 5.32 Å². The minimum absolute atomic E-state index is 0.0186. The van der Waals surface area contributed by atoms with Gasteiger partial charge in [0.25, 0.3) is 5.91 Å². The SMILES string of the molecule is CC(NC(=O)c1cccc(CCl)c1)C1CCCCC1. The number of nitrogens with one attached hydrogen (secondary N) is 1. The first-order chi connectivity index (χ1) is 9.20. The molecule has 0 saturated heterocycles. The van der Waals surface area contributed by atoms with Gasteiger partial charge in [0.2, 0.25) is 0 Å². The number of carbonyl (C=O) groups excluding carboxylic acids is 1. The van der Waals surface area contributed by atoms with E-state index in [1.165, 1.54) is 32.1 Å². The summed E-state index contributed by atoms with van der Waals surface area (Å²) in [4.78, 5) is 12.2. The average molecular weight is 280 g/mol. The molecule has 104 valence electrons. The Morgan fingerprint density at radius 3 is 2.79 bits per heavy atom. The summed E-state index contributed by atoms with van der Waals surface area (Å²) in [6, 6.07) is 7.80. The number of carbonyl (C=O) groups is 1. The second-order valence-electron chi connectivity index (χ2n) is 5.49. The summed E-state index contributed by atoms with van der Waals surface area (Å²) in [5, 5.41) is 3.14. The van der Waals surface area contributed by atoms with Crippen LogP contribution >= 0.6 is 11.6 Å². The van der Waals surface area contributed by atoms with Gasteiger partial charge < -0.3 is 5.32 Å². The van der Waals surface area contributed by atoms with E-state index in [4.69, 9.17) is 11.6 Å². The quantitative estimate of drug-likeness (QED) is 0.825. The third-order valence-corrected chi connectivity index (χ3v) is 4.37. The minimum Gasteiger partial charge on any atom is -0.349 e. The Labute approximate surface area is 120 Å². The molecule has 0 heterocycles. The molecule has 1 saturated carbocycles. The van der Waals surface area contributed by atoms with Gasteiger partial charge in [0.05, 0.1) is 0 Å². The summed E-state index contributed by atoms with van der Waals surface area (Å²) in [6.07, 6.45) is 6.42. The number of amides is 1. The normalized spacial score (nSPS) is 18.0. The third-order valence-electron chi connectivity index (χ3n) is 4.06. The van der Waals surface area contributed by atoms with Crippen LogP contribution in [0.2, 0.25) is 0 Å². The molecule has 1 unspecified atom stereocenters. The fraction of sp³-hybridized carbons (Fsp3) is 0.562. The molecule has 1 aliphatic rings. The van der Waals surface area contributed by atoms with E-state index in [9.17, 15) is 4.79 Å². The first-order valence-electron chi connectivity index (χ1n) is 7.16. The maximum Gasteiger partial charge on any atom is 0.251 e. The van der Waals surface area contributed by atoms with E-state index in [1.54, 1.807) is 0 Å². The van der Waals surface area contributed by atoms with Crippen LogP contribution in [0, 0.1) is 5.92 Å².